The van der Waals surface area contributed by atoms with Gasteiger partial charge in [-0.05, 0) is 37.1 Å². The summed E-state index contributed by atoms with van der Waals surface area (Å²) in [5, 5.41) is 20.5. The lowest BCUT2D eigenvalue weighted by atomic mass is 9.69. The van der Waals surface area contributed by atoms with Crippen molar-refractivity contribution in [3.05, 3.63) is 0 Å². The number of rotatable bonds is 5. The molecular formula is C11H20N2O. The van der Waals surface area contributed by atoms with Gasteiger partial charge in [-0.15, -0.1) is 0 Å². The molecule has 80 valence electrons. The molecule has 1 aliphatic carbocycles. The maximum absolute atomic E-state index is 8.78. The minimum absolute atomic E-state index is 0.0865. The van der Waals surface area contributed by atoms with Crippen LogP contribution in [-0.2, 0) is 0 Å². The Bertz CT molecular complexity index is 204. The average molecular weight is 196 g/mol. The van der Waals surface area contributed by atoms with Gasteiger partial charge in [-0.1, -0.05) is 13.8 Å². The highest BCUT2D eigenvalue weighted by Gasteiger charge is 2.30. The number of nitrogens with one attached hydrogen (secondary N) is 1. The highest BCUT2D eigenvalue weighted by atomic mass is 16.3. The summed E-state index contributed by atoms with van der Waals surface area (Å²) in [6.07, 6.45) is 2.54. The van der Waals surface area contributed by atoms with E-state index in [4.69, 9.17) is 10.4 Å². The lowest BCUT2D eigenvalue weighted by molar-refractivity contribution is 0.134. The van der Waals surface area contributed by atoms with E-state index in [-0.39, 0.29) is 12.6 Å². The molecule has 0 aromatic carbocycles. The molecule has 1 atom stereocenters. The van der Waals surface area contributed by atoms with E-state index < -0.39 is 0 Å². The summed E-state index contributed by atoms with van der Waals surface area (Å²) in [5.74, 6) is 2.37. The molecule has 0 saturated heterocycles. The third-order valence-corrected chi connectivity index (χ3v) is 3.21. The van der Waals surface area contributed by atoms with Crippen LogP contribution in [0.1, 0.15) is 26.7 Å². The lowest BCUT2D eigenvalue weighted by Crippen LogP contribution is -2.40. The van der Waals surface area contributed by atoms with E-state index in [9.17, 15) is 0 Å². The molecule has 0 bridgehead atoms. The molecule has 0 amide bonds. The van der Waals surface area contributed by atoms with Crippen LogP contribution in [0.5, 0.6) is 0 Å². The third-order valence-electron chi connectivity index (χ3n) is 3.21. The fourth-order valence-electron chi connectivity index (χ4n) is 1.96. The average Bonchev–Trinajstić information content (AvgIpc) is 2.08. The van der Waals surface area contributed by atoms with Gasteiger partial charge in [-0.2, -0.15) is 5.26 Å². The molecule has 1 unspecified atom stereocenters. The Morgan fingerprint density at radius 3 is 2.57 bits per heavy atom. The molecular weight excluding hydrogens is 176 g/mol. The van der Waals surface area contributed by atoms with Crippen molar-refractivity contribution in [2.75, 3.05) is 13.2 Å². The standard InChI is InChI=1S/C11H20N2O/c1-8(2)10-3-9(4-10)6-13-11(5-12)7-14/h8-11,13-14H,3-4,6-7H2,1-2H3. The van der Waals surface area contributed by atoms with E-state index in [1.165, 1.54) is 12.8 Å². The van der Waals surface area contributed by atoms with Crippen LogP contribution in [0.4, 0.5) is 0 Å². The largest absolute Gasteiger partial charge is 0.394 e. The smallest absolute Gasteiger partial charge is 0.119 e. The van der Waals surface area contributed by atoms with Gasteiger partial charge in [0.05, 0.1) is 12.7 Å². The molecule has 1 saturated carbocycles. The predicted molar refractivity (Wildman–Crippen MR) is 55.5 cm³/mol. The van der Waals surface area contributed by atoms with Crippen LogP contribution >= 0.6 is 0 Å². The fraction of sp³-hybridized carbons (Fsp3) is 0.909. The first-order valence-electron chi connectivity index (χ1n) is 5.41. The summed E-state index contributed by atoms with van der Waals surface area (Å²) >= 11 is 0. The molecule has 3 heteroatoms. The van der Waals surface area contributed by atoms with Crippen LogP contribution in [0.25, 0.3) is 0 Å². The molecule has 0 radical (unpaired) electrons. The Balaban J connectivity index is 2.09. The van der Waals surface area contributed by atoms with Crippen molar-refractivity contribution in [1.82, 2.24) is 5.32 Å². The van der Waals surface area contributed by atoms with Crippen molar-refractivity contribution < 1.29 is 5.11 Å². The monoisotopic (exact) mass is 196 g/mol. The summed E-state index contributed by atoms with van der Waals surface area (Å²) in [7, 11) is 0. The Kier molecular flexibility index (Phi) is 4.37. The first kappa shape index (κ1) is 11.5. The summed E-state index contributed by atoms with van der Waals surface area (Å²) in [4.78, 5) is 0. The van der Waals surface area contributed by atoms with Crippen LogP contribution in [0.15, 0.2) is 0 Å². The molecule has 0 aliphatic heterocycles. The highest BCUT2D eigenvalue weighted by molar-refractivity contribution is 4.91. The van der Waals surface area contributed by atoms with E-state index in [1.807, 2.05) is 6.07 Å². The molecule has 0 heterocycles. The van der Waals surface area contributed by atoms with E-state index in [0.717, 1.165) is 18.4 Å². The molecule has 0 aromatic heterocycles. The predicted octanol–water partition coefficient (Wildman–Crippen LogP) is 1.14. The minimum Gasteiger partial charge on any atom is -0.394 e. The SMILES string of the molecule is CC(C)C1CC(CNC(C#N)CO)C1. The molecule has 14 heavy (non-hydrogen) atoms. The normalized spacial score (nSPS) is 28.2. The van der Waals surface area contributed by atoms with Gasteiger partial charge in [0.2, 0.25) is 0 Å². The second kappa shape index (κ2) is 5.33. The van der Waals surface area contributed by atoms with Crippen molar-refractivity contribution in [1.29, 1.82) is 5.26 Å². The Hall–Kier alpha value is -0.590. The van der Waals surface area contributed by atoms with Crippen molar-refractivity contribution in [2.45, 2.75) is 32.7 Å². The third kappa shape index (κ3) is 2.97. The van der Waals surface area contributed by atoms with E-state index in [2.05, 4.69) is 19.2 Å². The summed E-state index contributed by atoms with van der Waals surface area (Å²) in [5.41, 5.74) is 0. The van der Waals surface area contributed by atoms with Gasteiger partial charge in [0, 0.05) is 0 Å². The number of nitrogens with zero attached hydrogens (tertiary/aromatic N) is 1. The zero-order chi connectivity index (χ0) is 10.6. The minimum atomic E-state index is -0.381. The number of aliphatic hydroxyl groups is 1. The van der Waals surface area contributed by atoms with Gasteiger partial charge >= 0.3 is 0 Å². The molecule has 3 nitrogen and oxygen atoms in total. The summed E-state index contributed by atoms with van der Waals surface area (Å²) in [6, 6.07) is 1.65. The van der Waals surface area contributed by atoms with Crippen LogP contribution in [0.2, 0.25) is 0 Å². The Morgan fingerprint density at radius 1 is 1.50 bits per heavy atom. The zero-order valence-electron chi connectivity index (χ0n) is 9.03. The Morgan fingerprint density at radius 2 is 2.14 bits per heavy atom. The van der Waals surface area contributed by atoms with Crippen LogP contribution in [0, 0.1) is 29.1 Å². The lowest BCUT2D eigenvalue weighted by Gasteiger charge is -2.38. The number of hydrogen-bond donors (Lipinski definition) is 2. The van der Waals surface area contributed by atoms with Gasteiger partial charge < -0.3 is 5.11 Å². The molecule has 1 aliphatic rings. The maximum Gasteiger partial charge on any atom is 0.119 e. The first-order chi connectivity index (χ1) is 6.67. The van der Waals surface area contributed by atoms with Crippen LogP contribution in [0.3, 0.4) is 0 Å². The van der Waals surface area contributed by atoms with Gasteiger partial charge in [0.25, 0.3) is 0 Å². The van der Waals surface area contributed by atoms with Crippen LogP contribution < -0.4 is 5.32 Å². The summed E-state index contributed by atoms with van der Waals surface area (Å²) in [6.45, 7) is 5.32. The topological polar surface area (TPSA) is 56.0 Å². The van der Waals surface area contributed by atoms with E-state index in [0.29, 0.717) is 5.92 Å². The van der Waals surface area contributed by atoms with Crippen molar-refractivity contribution in [3.63, 3.8) is 0 Å². The zero-order valence-corrected chi connectivity index (χ0v) is 9.03. The molecule has 0 aromatic rings. The van der Waals surface area contributed by atoms with E-state index >= 15 is 0 Å². The van der Waals surface area contributed by atoms with Crippen molar-refractivity contribution in [3.8, 4) is 6.07 Å². The molecule has 1 fully saturated rings. The second-order valence-corrected chi connectivity index (χ2v) is 4.61. The van der Waals surface area contributed by atoms with Crippen molar-refractivity contribution >= 4 is 0 Å². The van der Waals surface area contributed by atoms with E-state index in [1.54, 1.807) is 0 Å². The number of hydrogen-bond acceptors (Lipinski definition) is 3. The van der Waals surface area contributed by atoms with Gasteiger partial charge in [0.15, 0.2) is 0 Å². The van der Waals surface area contributed by atoms with Gasteiger partial charge in [-0.25, -0.2) is 0 Å². The van der Waals surface area contributed by atoms with Crippen LogP contribution in [-0.4, -0.2) is 24.3 Å². The maximum atomic E-state index is 8.78. The first-order valence-corrected chi connectivity index (χ1v) is 5.41. The molecule has 1 rings (SSSR count). The quantitative estimate of drug-likeness (QED) is 0.693. The summed E-state index contributed by atoms with van der Waals surface area (Å²) < 4.78 is 0. The highest BCUT2D eigenvalue weighted by Crippen LogP contribution is 2.38. The number of nitriles is 1. The second-order valence-electron chi connectivity index (χ2n) is 4.61. The van der Waals surface area contributed by atoms with Gasteiger partial charge in [0.1, 0.15) is 6.04 Å². The van der Waals surface area contributed by atoms with Crippen molar-refractivity contribution in [2.24, 2.45) is 17.8 Å². The fourth-order valence-corrected chi connectivity index (χ4v) is 1.96. The molecule has 0 spiro atoms. The number of aliphatic hydroxyl groups excluding tert-OH is 1. The van der Waals surface area contributed by atoms with Gasteiger partial charge in [-0.3, -0.25) is 5.32 Å². The molecule has 2 N–H and O–H groups in total. The Labute approximate surface area is 86.1 Å².